The van der Waals surface area contributed by atoms with Crippen LogP contribution in [0, 0.1) is 0 Å². The summed E-state index contributed by atoms with van der Waals surface area (Å²) in [5.74, 6) is 0.388. The van der Waals surface area contributed by atoms with Gasteiger partial charge in [-0.3, -0.25) is 9.59 Å². The van der Waals surface area contributed by atoms with Crippen LogP contribution in [0.3, 0.4) is 0 Å². The summed E-state index contributed by atoms with van der Waals surface area (Å²) in [7, 11) is 0. The topological polar surface area (TPSA) is 67.4 Å². The van der Waals surface area contributed by atoms with Gasteiger partial charge in [0.2, 0.25) is 11.8 Å². The lowest BCUT2D eigenvalue weighted by molar-refractivity contribution is -0.123. The highest BCUT2D eigenvalue weighted by Gasteiger charge is 2.19. The second kappa shape index (κ2) is 10.6. The van der Waals surface area contributed by atoms with Crippen molar-refractivity contribution in [2.75, 3.05) is 0 Å². The van der Waals surface area contributed by atoms with Gasteiger partial charge in [0.05, 0.1) is 12.8 Å². The van der Waals surface area contributed by atoms with E-state index in [-0.39, 0.29) is 30.3 Å². The fourth-order valence-corrected chi connectivity index (χ4v) is 3.27. The first-order valence-corrected chi connectivity index (χ1v) is 10.7. The molecule has 0 spiro atoms. The summed E-state index contributed by atoms with van der Waals surface area (Å²) in [5.41, 5.74) is 2.28. The van der Waals surface area contributed by atoms with E-state index in [2.05, 4.69) is 10.6 Å². The molecule has 5 heteroatoms. The van der Waals surface area contributed by atoms with Gasteiger partial charge in [-0.25, -0.2) is 0 Å². The van der Waals surface area contributed by atoms with E-state index in [9.17, 15) is 9.59 Å². The van der Waals surface area contributed by atoms with Crippen LogP contribution in [0.2, 0.25) is 0 Å². The number of hydrogen-bond acceptors (Lipinski definition) is 3. The third kappa shape index (κ3) is 7.58. The molecule has 166 valence electrons. The Labute approximate surface area is 189 Å². The van der Waals surface area contributed by atoms with Crippen LogP contribution in [0.1, 0.15) is 43.6 Å². The zero-order valence-corrected chi connectivity index (χ0v) is 18.8. The Bertz CT molecular complexity index is 955. The summed E-state index contributed by atoms with van der Waals surface area (Å²) < 4.78 is 5.88. The standard InChI is InChI=1S/C27H30N2O3/c1-27(2,3)32-23-16-14-22(15-17-23)26(28-24(30)18-20-10-6-4-7-11-20)29-25(31)19-21-12-8-5-9-13-21/h4-17,26H,18-19H2,1-3H3,(H,28,30)(H,29,31). The number of amides is 2. The molecule has 0 aromatic heterocycles. The first kappa shape index (κ1) is 23.1. The molecule has 2 N–H and O–H groups in total. The van der Waals surface area contributed by atoms with E-state index < -0.39 is 6.17 Å². The Morgan fingerprint density at radius 1 is 0.719 bits per heavy atom. The molecule has 0 aliphatic heterocycles. The molecule has 0 fully saturated rings. The minimum absolute atomic E-state index is 0.170. The van der Waals surface area contributed by atoms with Crippen molar-refractivity contribution in [3.63, 3.8) is 0 Å². The number of carbonyl (C=O) groups excluding carboxylic acids is 2. The van der Waals surface area contributed by atoms with E-state index in [1.807, 2.05) is 106 Å². The molecule has 0 heterocycles. The molecule has 0 atom stereocenters. The predicted molar refractivity (Wildman–Crippen MR) is 126 cm³/mol. The second-order valence-corrected chi connectivity index (χ2v) is 8.68. The first-order valence-electron chi connectivity index (χ1n) is 10.7. The van der Waals surface area contributed by atoms with E-state index in [0.29, 0.717) is 0 Å². The summed E-state index contributed by atoms with van der Waals surface area (Å²) in [6.45, 7) is 5.95. The lowest BCUT2D eigenvalue weighted by Crippen LogP contribution is -2.42. The first-order chi connectivity index (χ1) is 15.3. The van der Waals surface area contributed by atoms with E-state index in [4.69, 9.17) is 4.74 Å². The van der Waals surface area contributed by atoms with Crippen LogP contribution in [0.15, 0.2) is 84.9 Å². The number of nitrogens with one attached hydrogen (secondary N) is 2. The minimum atomic E-state index is -0.647. The molecule has 2 amide bonds. The van der Waals surface area contributed by atoms with Crippen molar-refractivity contribution in [3.8, 4) is 5.75 Å². The van der Waals surface area contributed by atoms with Crippen LogP contribution in [-0.2, 0) is 22.4 Å². The summed E-state index contributed by atoms with van der Waals surface area (Å²) in [6, 6.07) is 26.4. The predicted octanol–water partition coefficient (Wildman–Crippen LogP) is 4.58. The molecule has 0 aliphatic carbocycles. The van der Waals surface area contributed by atoms with Gasteiger partial charge in [0.25, 0.3) is 0 Å². The molecular formula is C27H30N2O3. The van der Waals surface area contributed by atoms with Crippen molar-refractivity contribution in [1.29, 1.82) is 0 Å². The Balaban J connectivity index is 1.73. The maximum Gasteiger partial charge on any atom is 0.226 e. The highest BCUT2D eigenvalue weighted by Crippen LogP contribution is 2.21. The molecule has 0 aliphatic rings. The summed E-state index contributed by atoms with van der Waals surface area (Å²) >= 11 is 0. The zero-order chi connectivity index (χ0) is 23.0. The molecule has 32 heavy (non-hydrogen) atoms. The Kier molecular flexibility index (Phi) is 7.66. The van der Waals surface area contributed by atoms with Gasteiger partial charge in [0, 0.05) is 0 Å². The van der Waals surface area contributed by atoms with Crippen LogP contribution in [0.5, 0.6) is 5.75 Å². The molecule has 0 unspecified atom stereocenters. The Morgan fingerprint density at radius 3 is 1.56 bits per heavy atom. The SMILES string of the molecule is CC(C)(C)Oc1ccc(C(NC(=O)Cc2ccccc2)NC(=O)Cc2ccccc2)cc1. The van der Waals surface area contributed by atoms with Crippen molar-refractivity contribution >= 4 is 11.8 Å². The maximum atomic E-state index is 12.7. The monoisotopic (exact) mass is 430 g/mol. The van der Waals surface area contributed by atoms with Crippen molar-refractivity contribution < 1.29 is 14.3 Å². The average molecular weight is 431 g/mol. The molecule has 5 nitrogen and oxygen atoms in total. The highest BCUT2D eigenvalue weighted by molar-refractivity contribution is 5.82. The van der Waals surface area contributed by atoms with E-state index >= 15 is 0 Å². The minimum Gasteiger partial charge on any atom is -0.488 e. The fourth-order valence-electron chi connectivity index (χ4n) is 3.27. The van der Waals surface area contributed by atoms with Crippen molar-refractivity contribution in [3.05, 3.63) is 102 Å². The van der Waals surface area contributed by atoms with Gasteiger partial charge in [-0.15, -0.1) is 0 Å². The zero-order valence-electron chi connectivity index (χ0n) is 18.8. The summed E-state index contributed by atoms with van der Waals surface area (Å²) in [4.78, 5) is 25.4. The van der Waals surface area contributed by atoms with Gasteiger partial charge in [0.15, 0.2) is 0 Å². The van der Waals surface area contributed by atoms with Crippen LogP contribution in [0.4, 0.5) is 0 Å². The van der Waals surface area contributed by atoms with E-state index in [1.54, 1.807) is 0 Å². The van der Waals surface area contributed by atoms with Gasteiger partial charge >= 0.3 is 0 Å². The largest absolute Gasteiger partial charge is 0.488 e. The molecule has 0 bridgehead atoms. The number of hydrogen-bond donors (Lipinski definition) is 2. The molecule has 0 saturated carbocycles. The summed E-state index contributed by atoms with van der Waals surface area (Å²) in [5, 5.41) is 5.91. The molecule has 3 aromatic carbocycles. The van der Waals surface area contributed by atoms with Crippen LogP contribution in [0.25, 0.3) is 0 Å². The quantitative estimate of drug-likeness (QED) is 0.514. The van der Waals surface area contributed by atoms with Crippen LogP contribution in [-0.4, -0.2) is 17.4 Å². The second-order valence-electron chi connectivity index (χ2n) is 8.68. The van der Waals surface area contributed by atoms with Gasteiger partial charge in [-0.2, -0.15) is 0 Å². The third-order valence-electron chi connectivity index (χ3n) is 4.66. The molecule has 0 radical (unpaired) electrons. The fraction of sp³-hybridized carbons (Fsp3) is 0.259. The lowest BCUT2D eigenvalue weighted by atomic mass is 10.1. The highest BCUT2D eigenvalue weighted by atomic mass is 16.5. The van der Waals surface area contributed by atoms with Crippen molar-refractivity contribution in [1.82, 2.24) is 10.6 Å². The lowest BCUT2D eigenvalue weighted by Gasteiger charge is -2.23. The molecule has 0 saturated heterocycles. The molecule has 3 rings (SSSR count). The average Bonchev–Trinajstić information content (AvgIpc) is 2.74. The van der Waals surface area contributed by atoms with Gasteiger partial charge < -0.3 is 15.4 Å². The van der Waals surface area contributed by atoms with Crippen LogP contribution >= 0.6 is 0 Å². The molecular weight excluding hydrogens is 400 g/mol. The van der Waals surface area contributed by atoms with Crippen molar-refractivity contribution in [2.24, 2.45) is 0 Å². The van der Waals surface area contributed by atoms with Gasteiger partial charge in [-0.05, 0) is 49.6 Å². The van der Waals surface area contributed by atoms with Crippen LogP contribution < -0.4 is 15.4 Å². The van der Waals surface area contributed by atoms with E-state index in [1.165, 1.54) is 0 Å². The van der Waals surface area contributed by atoms with E-state index in [0.717, 1.165) is 22.4 Å². The number of ether oxygens (including phenoxy) is 1. The summed E-state index contributed by atoms with van der Waals surface area (Å²) in [6.07, 6.45) is -0.181. The molecule has 3 aromatic rings. The van der Waals surface area contributed by atoms with Gasteiger partial charge in [-0.1, -0.05) is 72.8 Å². The third-order valence-corrected chi connectivity index (χ3v) is 4.66. The van der Waals surface area contributed by atoms with Gasteiger partial charge in [0.1, 0.15) is 17.5 Å². The number of carbonyl (C=O) groups is 2. The smallest absolute Gasteiger partial charge is 0.226 e. The Morgan fingerprint density at radius 2 is 1.16 bits per heavy atom. The Hall–Kier alpha value is -3.60. The van der Waals surface area contributed by atoms with Crippen molar-refractivity contribution in [2.45, 2.75) is 45.4 Å². The number of rotatable bonds is 8. The maximum absolute atomic E-state index is 12.7. The normalized spacial score (nSPS) is 11.1. The number of benzene rings is 3.